The van der Waals surface area contributed by atoms with Gasteiger partial charge in [0.2, 0.25) is 5.72 Å². The van der Waals surface area contributed by atoms with Crippen LogP contribution in [0.3, 0.4) is 0 Å². The molecule has 0 bridgehead atoms. The number of nitrogens with one attached hydrogen (secondary N) is 2. The number of benzene rings is 2. The third kappa shape index (κ3) is 3.63. The molecule has 0 unspecified atom stereocenters. The molecule has 1 heterocycles. The summed E-state index contributed by atoms with van der Waals surface area (Å²) in [6, 6.07) is 8.36. The molecule has 3 atom stereocenters. The third-order valence-electron chi connectivity index (χ3n) is 4.59. The van der Waals surface area contributed by atoms with Crippen LogP contribution in [0.25, 0.3) is 0 Å². The first kappa shape index (κ1) is 20.3. The maximum Gasteiger partial charge on any atom is 0.437 e. The molecule has 0 aromatic heterocycles. The van der Waals surface area contributed by atoms with Crippen molar-refractivity contribution >= 4 is 17.5 Å². The molecule has 3 N–H and O–H groups in total. The molecule has 11 heteroatoms. The molecule has 0 aliphatic carbocycles. The predicted octanol–water partition coefficient (Wildman–Crippen LogP) is 2.70. The lowest BCUT2D eigenvalue weighted by Gasteiger charge is -2.45. The van der Waals surface area contributed by atoms with E-state index in [0.717, 1.165) is 12.1 Å². The highest BCUT2D eigenvalue weighted by Crippen LogP contribution is 2.44. The van der Waals surface area contributed by atoms with Crippen molar-refractivity contribution in [2.45, 2.75) is 17.9 Å². The fraction of sp³-hybridized carbons (Fsp3) is 0.222. The number of carbonyl (C=O) groups is 2. The fourth-order valence-electron chi connectivity index (χ4n) is 3.23. The number of hydrogen-bond acceptors (Lipinski definition) is 5. The summed E-state index contributed by atoms with van der Waals surface area (Å²) in [4.78, 5) is 35.2. The Hall–Kier alpha value is -3.47. The molecular formula is C18H14F3N3O5. The second-order valence-corrected chi connectivity index (χ2v) is 6.40. The Morgan fingerprint density at radius 1 is 1.14 bits per heavy atom. The SMILES string of the molecule is O=C1N[C@H](c2cccc([N+](=O)[O-])c2)[C@H](C(=O)c2ccccc2)[C@](O)(C(F)(F)F)N1. The van der Waals surface area contributed by atoms with E-state index in [4.69, 9.17) is 0 Å². The number of amides is 2. The molecule has 2 aromatic carbocycles. The van der Waals surface area contributed by atoms with Crippen LogP contribution in [0.15, 0.2) is 54.6 Å². The summed E-state index contributed by atoms with van der Waals surface area (Å²) in [5, 5.41) is 25.0. The molecular weight excluding hydrogens is 395 g/mol. The van der Waals surface area contributed by atoms with Gasteiger partial charge in [-0.3, -0.25) is 14.9 Å². The first-order valence-corrected chi connectivity index (χ1v) is 8.26. The lowest BCUT2D eigenvalue weighted by atomic mass is 9.77. The number of nitro benzene ring substituents is 1. The maximum absolute atomic E-state index is 13.8. The number of carbonyl (C=O) groups excluding carboxylic acids is 2. The number of ketones is 1. The number of rotatable bonds is 4. The molecule has 0 spiro atoms. The van der Waals surface area contributed by atoms with E-state index in [1.54, 1.807) is 6.07 Å². The first-order chi connectivity index (χ1) is 13.5. The molecule has 1 aliphatic heterocycles. The molecule has 8 nitrogen and oxygen atoms in total. The highest BCUT2D eigenvalue weighted by molar-refractivity contribution is 6.00. The van der Waals surface area contributed by atoms with E-state index in [9.17, 15) is 38.0 Å². The van der Waals surface area contributed by atoms with E-state index in [1.807, 2.05) is 0 Å². The van der Waals surface area contributed by atoms with Gasteiger partial charge in [-0.2, -0.15) is 13.2 Å². The standard InChI is InChI=1S/C18H14F3N3O5/c19-18(20,21)17(27)13(15(25)10-5-2-1-3-6-10)14(22-16(26)23-17)11-7-4-8-12(9-11)24(28)29/h1-9,13-14,27H,(H2,22,23,26)/t13-,14-,17+/m1/s1. The van der Waals surface area contributed by atoms with Crippen LogP contribution >= 0.6 is 0 Å². The van der Waals surface area contributed by atoms with Crippen LogP contribution in [0.4, 0.5) is 23.7 Å². The predicted molar refractivity (Wildman–Crippen MR) is 92.8 cm³/mol. The van der Waals surface area contributed by atoms with Crippen molar-refractivity contribution < 1.29 is 32.8 Å². The normalized spacial score (nSPS) is 24.3. The summed E-state index contributed by atoms with van der Waals surface area (Å²) in [6.45, 7) is 0. The first-order valence-electron chi connectivity index (χ1n) is 8.26. The summed E-state index contributed by atoms with van der Waals surface area (Å²) >= 11 is 0. The average molecular weight is 409 g/mol. The Bertz CT molecular complexity index is 967. The monoisotopic (exact) mass is 409 g/mol. The fourth-order valence-corrected chi connectivity index (χ4v) is 3.23. The van der Waals surface area contributed by atoms with Crippen molar-refractivity contribution in [3.05, 3.63) is 75.8 Å². The Morgan fingerprint density at radius 2 is 1.79 bits per heavy atom. The van der Waals surface area contributed by atoms with Crippen LogP contribution in [0.1, 0.15) is 22.0 Å². The van der Waals surface area contributed by atoms with Crippen molar-refractivity contribution in [1.29, 1.82) is 0 Å². The smallest absolute Gasteiger partial charge is 0.363 e. The van der Waals surface area contributed by atoms with E-state index in [0.29, 0.717) is 0 Å². The molecule has 29 heavy (non-hydrogen) atoms. The summed E-state index contributed by atoms with van der Waals surface area (Å²) in [5.74, 6) is -3.35. The van der Waals surface area contributed by atoms with Crippen LogP contribution in [-0.2, 0) is 0 Å². The van der Waals surface area contributed by atoms with Gasteiger partial charge in [0.15, 0.2) is 5.78 Å². The summed E-state index contributed by atoms with van der Waals surface area (Å²) in [5.41, 5.74) is -4.60. The average Bonchev–Trinajstić information content (AvgIpc) is 2.67. The number of nitrogens with zero attached hydrogens (tertiary/aromatic N) is 1. The van der Waals surface area contributed by atoms with E-state index in [1.165, 1.54) is 41.7 Å². The quantitative estimate of drug-likeness (QED) is 0.407. The van der Waals surface area contributed by atoms with Gasteiger partial charge in [0, 0.05) is 17.7 Å². The molecule has 2 amide bonds. The number of aliphatic hydroxyl groups is 1. The topological polar surface area (TPSA) is 122 Å². The van der Waals surface area contributed by atoms with Crippen LogP contribution < -0.4 is 10.6 Å². The Labute approximate surface area is 161 Å². The number of Topliss-reactive ketones (excluding diaryl/α,β-unsaturated/α-hetero) is 1. The zero-order valence-electron chi connectivity index (χ0n) is 14.5. The van der Waals surface area contributed by atoms with Crippen molar-refractivity contribution in [3.8, 4) is 0 Å². The van der Waals surface area contributed by atoms with Crippen molar-refractivity contribution in [2.75, 3.05) is 0 Å². The highest BCUT2D eigenvalue weighted by atomic mass is 19.4. The molecule has 3 rings (SSSR count). The van der Waals surface area contributed by atoms with Crippen molar-refractivity contribution in [3.63, 3.8) is 0 Å². The third-order valence-corrected chi connectivity index (χ3v) is 4.59. The van der Waals surface area contributed by atoms with Gasteiger partial charge < -0.3 is 15.7 Å². The molecule has 2 aromatic rings. The molecule has 1 aliphatic rings. The summed E-state index contributed by atoms with van der Waals surface area (Å²) in [6.07, 6.45) is -5.40. The molecule has 0 radical (unpaired) electrons. The molecule has 1 saturated heterocycles. The van der Waals surface area contributed by atoms with Gasteiger partial charge in [-0.1, -0.05) is 42.5 Å². The number of alkyl halides is 3. The zero-order valence-corrected chi connectivity index (χ0v) is 14.5. The zero-order chi connectivity index (χ0) is 21.4. The second kappa shape index (κ2) is 7.17. The Balaban J connectivity index is 2.18. The van der Waals surface area contributed by atoms with Gasteiger partial charge in [-0.25, -0.2) is 4.79 Å². The van der Waals surface area contributed by atoms with Gasteiger partial charge in [0.1, 0.15) is 5.92 Å². The molecule has 1 fully saturated rings. The number of nitro groups is 1. The van der Waals surface area contributed by atoms with E-state index < -0.39 is 46.3 Å². The lowest BCUT2D eigenvalue weighted by molar-refractivity contribution is -0.385. The largest absolute Gasteiger partial charge is 0.437 e. The van der Waals surface area contributed by atoms with E-state index >= 15 is 0 Å². The minimum atomic E-state index is -5.40. The summed E-state index contributed by atoms with van der Waals surface area (Å²) < 4.78 is 41.3. The minimum absolute atomic E-state index is 0.131. The lowest BCUT2D eigenvalue weighted by Crippen LogP contribution is -2.72. The second-order valence-electron chi connectivity index (χ2n) is 6.40. The van der Waals surface area contributed by atoms with Crippen LogP contribution in [-0.4, -0.2) is 33.7 Å². The maximum atomic E-state index is 13.8. The minimum Gasteiger partial charge on any atom is -0.363 e. The van der Waals surface area contributed by atoms with Crippen LogP contribution in [0.2, 0.25) is 0 Å². The van der Waals surface area contributed by atoms with Crippen molar-refractivity contribution in [2.24, 2.45) is 5.92 Å². The van der Waals surface area contributed by atoms with Gasteiger partial charge in [-0.15, -0.1) is 0 Å². The van der Waals surface area contributed by atoms with Crippen LogP contribution in [0.5, 0.6) is 0 Å². The number of hydrogen-bond donors (Lipinski definition) is 3. The van der Waals surface area contributed by atoms with Crippen LogP contribution in [0, 0.1) is 16.0 Å². The molecule has 152 valence electrons. The number of non-ortho nitro benzene ring substituents is 1. The number of urea groups is 1. The Kier molecular flexibility index (Phi) is 5.01. The number of halogens is 3. The van der Waals surface area contributed by atoms with E-state index in [2.05, 4.69) is 5.32 Å². The Morgan fingerprint density at radius 3 is 2.38 bits per heavy atom. The highest BCUT2D eigenvalue weighted by Gasteiger charge is 2.66. The van der Waals surface area contributed by atoms with E-state index in [-0.39, 0.29) is 11.1 Å². The van der Waals surface area contributed by atoms with Gasteiger partial charge in [0.05, 0.1) is 11.0 Å². The van der Waals surface area contributed by atoms with Crippen molar-refractivity contribution in [1.82, 2.24) is 10.6 Å². The van der Waals surface area contributed by atoms with Gasteiger partial charge in [-0.05, 0) is 5.56 Å². The molecule has 0 saturated carbocycles. The van der Waals surface area contributed by atoms with Gasteiger partial charge in [0.25, 0.3) is 5.69 Å². The van der Waals surface area contributed by atoms with Gasteiger partial charge >= 0.3 is 12.2 Å². The summed E-state index contributed by atoms with van der Waals surface area (Å²) in [7, 11) is 0.